The molecule has 0 bridgehead atoms. The van der Waals surface area contributed by atoms with Crippen LogP contribution in [-0.4, -0.2) is 4.98 Å². The van der Waals surface area contributed by atoms with E-state index in [1.54, 1.807) is 0 Å². The van der Waals surface area contributed by atoms with Gasteiger partial charge in [0.25, 0.3) is 0 Å². The molecule has 0 aliphatic carbocycles. The lowest BCUT2D eigenvalue weighted by Crippen LogP contribution is -1.98. The van der Waals surface area contributed by atoms with Crippen molar-refractivity contribution in [1.29, 1.82) is 5.26 Å². The van der Waals surface area contributed by atoms with Crippen LogP contribution in [0.1, 0.15) is 5.69 Å². The van der Waals surface area contributed by atoms with Gasteiger partial charge in [0.2, 0.25) is 0 Å². The molecule has 0 unspecified atom stereocenters. The summed E-state index contributed by atoms with van der Waals surface area (Å²) in [6, 6.07) is 8.38. The van der Waals surface area contributed by atoms with Crippen LogP contribution in [0.3, 0.4) is 0 Å². The molecule has 0 saturated carbocycles. The van der Waals surface area contributed by atoms with Crippen LogP contribution in [0.25, 0.3) is 11.3 Å². The number of aromatic nitrogens is 1. The van der Waals surface area contributed by atoms with Gasteiger partial charge in [-0.2, -0.15) is 5.26 Å². The highest BCUT2D eigenvalue weighted by Gasteiger charge is 2.13. The number of rotatable bonds is 1. The molecule has 2 aromatic rings. The van der Waals surface area contributed by atoms with Crippen molar-refractivity contribution in [3.8, 4) is 17.3 Å². The van der Waals surface area contributed by atoms with E-state index in [9.17, 15) is 8.78 Å². The summed E-state index contributed by atoms with van der Waals surface area (Å²) in [5.41, 5.74) is 5.93. The molecule has 0 amide bonds. The van der Waals surface area contributed by atoms with Crippen molar-refractivity contribution in [3.63, 3.8) is 0 Å². The second-order valence-corrected chi connectivity index (χ2v) is 3.35. The molecule has 5 heteroatoms. The Labute approximate surface area is 96.1 Å². The van der Waals surface area contributed by atoms with Gasteiger partial charge in [0.05, 0.1) is 11.4 Å². The molecule has 0 fully saturated rings. The van der Waals surface area contributed by atoms with Gasteiger partial charge in [-0.25, -0.2) is 13.8 Å². The summed E-state index contributed by atoms with van der Waals surface area (Å²) >= 11 is 0. The topological polar surface area (TPSA) is 62.7 Å². The third kappa shape index (κ3) is 1.93. The Kier molecular flexibility index (Phi) is 2.71. The number of anilines is 1. The Morgan fingerprint density at radius 2 is 1.94 bits per heavy atom. The molecule has 1 aromatic heterocycles. The van der Waals surface area contributed by atoms with Crippen LogP contribution in [0.2, 0.25) is 0 Å². The molecule has 1 heterocycles. The van der Waals surface area contributed by atoms with E-state index in [-0.39, 0.29) is 22.6 Å². The fourth-order valence-corrected chi connectivity index (χ4v) is 1.43. The average Bonchev–Trinajstić information content (AvgIpc) is 2.34. The molecule has 2 N–H and O–H groups in total. The van der Waals surface area contributed by atoms with Gasteiger partial charge in [-0.1, -0.05) is 6.07 Å². The first-order chi connectivity index (χ1) is 8.13. The van der Waals surface area contributed by atoms with Gasteiger partial charge < -0.3 is 5.73 Å². The van der Waals surface area contributed by atoms with Crippen molar-refractivity contribution in [2.45, 2.75) is 0 Å². The van der Waals surface area contributed by atoms with E-state index < -0.39 is 11.6 Å². The monoisotopic (exact) mass is 231 g/mol. The fraction of sp³-hybridized carbons (Fsp3) is 0. The van der Waals surface area contributed by atoms with E-state index >= 15 is 0 Å². The summed E-state index contributed by atoms with van der Waals surface area (Å²) in [7, 11) is 0. The first-order valence-electron chi connectivity index (χ1n) is 4.74. The van der Waals surface area contributed by atoms with Gasteiger partial charge in [0.1, 0.15) is 11.8 Å². The quantitative estimate of drug-likeness (QED) is 0.820. The average molecular weight is 231 g/mol. The van der Waals surface area contributed by atoms with Crippen molar-refractivity contribution in [2.24, 2.45) is 0 Å². The van der Waals surface area contributed by atoms with Gasteiger partial charge in [-0.3, -0.25) is 0 Å². The predicted molar refractivity (Wildman–Crippen MR) is 58.7 cm³/mol. The minimum Gasteiger partial charge on any atom is -0.397 e. The van der Waals surface area contributed by atoms with Crippen LogP contribution in [0.5, 0.6) is 0 Å². The number of nitriles is 1. The van der Waals surface area contributed by atoms with Crippen LogP contribution < -0.4 is 5.73 Å². The second kappa shape index (κ2) is 4.18. The highest BCUT2D eigenvalue weighted by atomic mass is 19.2. The molecule has 1 aromatic carbocycles. The molecule has 0 aliphatic rings. The minimum atomic E-state index is -1.03. The number of nitrogen functional groups attached to an aromatic ring is 1. The van der Waals surface area contributed by atoms with E-state index in [2.05, 4.69) is 4.98 Å². The molecule has 84 valence electrons. The standard InChI is InChI=1S/C12H7F2N3/c13-9-3-1-2-8(11(9)14)12-10(16)5-4-7(6-15)17-12/h1-5H,16H2. The van der Waals surface area contributed by atoms with Gasteiger partial charge in [0.15, 0.2) is 11.6 Å². The van der Waals surface area contributed by atoms with Crippen LogP contribution in [0.4, 0.5) is 14.5 Å². The maximum absolute atomic E-state index is 13.5. The molecule has 0 radical (unpaired) electrons. The highest BCUT2D eigenvalue weighted by Crippen LogP contribution is 2.27. The summed E-state index contributed by atoms with van der Waals surface area (Å²) in [6.45, 7) is 0. The van der Waals surface area contributed by atoms with Crippen molar-refractivity contribution < 1.29 is 8.78 Å². The van der Waals surface area contributed by atoms with Gasteiger partial charge >= 0.3 is 0 Å². The number of hydrogen-bond acceptors (Lipinski definition) is 3. The number of nitrogens with zero attached hydrogens (tertiary/aromatic N) is 2. The zero-order valence-electron chi connectivity index (χ0n) is 8.61. The summed E-state index contributed by atoms with van der Waals surface area (Å²) < 4.78 is 26.6. The Balaban J connectivity index is 2.68. The Bertz CT molecular complexity index is 618. The normalized spacial score (nSPS) is 9.94. The van der Waals surface area contributed by atoms with E-state index in [1.165, 1.54) is 24.3 Å². The number of halogens is 2. The SMILES string of the molecule is N#Cc1ccc(N)c(-c2cccc(F)c2F)n1. The molecular formula is C12H7F2N3. The summed E-state index contributed by atoms with van der Waals surface area (Å²) in [4.78, 5) is 3.87. The Hall–Kier alpha value is -2.48. The largest absolute Gasteiger partial charge is 0.397 e. The highest BCUT2D eigenvalue weighted by molar-refractivity contribution is 5.73. The lowest BCUT2D eigenvalue weighted by atomic mass is 10.1. The molecule has 3 nitrogen and oxygen atoms in total. The van der Waals surface area contributed by atoms with E-state index in [1.807, 2.05) is 6.07 Å². The van der Waals surface area contributed by atoms with Crippen molar-refractivity contribution >= 4 is 5.69 Å². The van der Waals surface area contributed by atoms with Crippen LogP contribution in [0, 0.1) is 23.0 Å². The number of hydrogen-bond donors (Lipinski definition) is 1. The van der Waals surface area contributed by atoms with Crippen molar-refractivity contribution in [3.05, 3.63) is 47.7 Å². The van der Waals surface area contributed by atoms with Crippen molar-refractivity contribution in [2.75, 3.05) is 5.73 Å². The molecule has 2 rings (SSSR count). The zero-order chi connectivity index (χ0) is 12.4. The van der Waals surface area contributed by atoms with Gasteiger partial charge in [-0.15, -0.1) is 0 Å². The predicted octanol–water partition coefficient (Wildman–Crippen LogP) is 2.48. The van der Waals surface area contributed by atoms with E-state index in [0.29, 0.717) is 0 Å². The van der Waals surface area contributed by atoms with Crippen LogP contribution >= 0.6 is 0 Å². The molecule has 0 spiro atoms. The van der Waals surface area contributed by atoms with Crippen molar-refractivity contribution in [1.82, 2.24) is 4.98 Å². The van der Waals surface area contributed by atoms with E-state index in [4.69, 9.17) is 11.0 Å². The Morgan fingerprint density at radius 1 is 1.18 bits per heavy atom. The third-order valence-electron chi connectivity index (χ3n) is 2.25. The Morgan fingerprint density at radius 3 is 2.65 bits per heavy atom. The maximum atomic E-state index is 13.5. The second-order valence-electron chi connectivity index (χ2n) is 3.35. The van der Waals surface area contributed by atoms with Gasteiger partial charge in [0, 0.05) is 5.56 Å². The van der Waals surface area contributed by atoms with E-state index in [0.717, 1.165) is 6.07 Å². The summed E-state index contributed by atoms with van der Waals surface area (Å²) in [5.74, 6) is -2.01. The molecule has 0 aliphatic heterocycles. The number of benzene rings is 1. The maximum Gasteiger partial charge on any atom is 0.168 e. The first-order valence-corrected chi connectivity index (χ1v) is 4.74. The van der Waals surface area contributed by atoms with Crippen LogP contribution in [-0.2, 0) is 0 Å². The molecular weight excluding hydrogens is 224 g/mol. The fourth-order valence-electron chi connectivity index (χ4n) is 1.43. The smallest absolute Gasteiger partial charge is 0.168 e. The minimum absolute atomic E-state index is 0.0559. The number of pyridine rings is 1. The lowest BCUT2D eigenvalue weighted by molar-refractivity contribution is 0.511. The third-order valence-corrected chi connectivity index (χ3v) is 2.25. The molecule has 0 atom stereocenters. The number of nitrogens with two attached hydrogens (primary N) is 1. The summed E-state index contributed by atoms with van der Waals surface area (Å²) in [5, 5.41) is 8.70. The van der Waals surface area contributed by atoms with Crippen LogP contribution in [0.15, 0.2) is 30.3 Å². The lowest BCUT2D eigenvalue weighted by Gasteiger charge is -2.06. The van der Waals surface area contributed by atoms with Gasteiger partial charge in [-0.05, 0) is 24.3 Å². The zero-order valence-corrected chi connectivity index (χ0v) is 8.61. The first kappa shape index (κ1) is 11.0. The molecule has 17 heavy (non-hydrogen) atoms. The summed E-state index contributed by atoms with van der Waals surface area (Å²) in [6.07, 6.45) is 0. The molecule has 0 saturated heterocycles.